The van der Waals surface area contributed by atoms with Gasteiger partial charge >= 0.3 is 0 Å². The van der Waals surface area contributed by atoms with Crippen LogP contribution in [0.25, 0.3) is 0 Å². The molecule has 0 amide bonds. The summed E-state index contributed by atoms with van der Waals surface area (Å²) in [5.74, 6) is 0. The number of methoxy groups -OCH3 is 1. The first-order valence-corrected chi connectivity index (χ1v) is 12.1. The lowest BCUT2D eigenvalue weighted by molar-refractivity contribution is -0.326. The number of hydrogen-bond acceptors (Lipinski definition) is 6. The van der Waals surface area contributed by atoms with E-state index in [2.05, 4.69) is 6.58 Å². The van der Waals surface area contributed by atoms with Crippen molar-refractivity contribution >= 4 is 0 Å². The summed E-state index contributed by atoms with van der Waals surface area (Å²) in [7, 11) is 1.56. The van der Waals surface area contributed by atoms with E-state index in [0.717, 1.165) is 16.7 Å². The fraction of sp³-hybridized carbons (Fsp3) is 0.333. The van der Waals surface area contributed by atoms with Crippen LogP contribution in [0.2, 0.25) is 0 Å². The van der Waals surface area contributed by atoms with Crippen LogP contribution in [-0.4, -0.2) is 49.0 Å². The Labute approximate surface area is 213 Å². The van der Waals surface area contributed by atoms with E-state index in [4.69, 9.17) is 23.7 Å². The summed E-state index contributed by atoms with van der Waals surface area (Å²) in [6.45, 7) is 4.77. The molecule has 0 aromatic heterocycles. The Hall–Kier alpha value is -2.84. The van der Waals surface area contributed by atoms with E-state index in [-0.39, 0.29) is 0 Å². The van der Waals surface area contributed by atoms with Gasteiger partial charge in [-0.05, 0) is 16.7 Å². The molecule has 1 saturated heterocycles. The second-order valence-electron chi connectivity index (χ2n) is 8.71. The van der Waals surface area contributed by atoms with E-state index in [9.17, 15) is 5.11 Å². The fourth-order valence-corrected chi connectivity index (χ4v) is 4.29. The molecular weight excluding hydrogens is 456 g/mol. The Bertz CT molecular complexity index is 1030. The predicted octanol–water partition coefficient (Wildman–Crippen LogP) is 4.66. The molecule has 0 aliphatic carbocycles. The van der Waals surface area contributed by atoms with Gasteiger partial charge in [-0.2, -0.15) is 0 Å². The van der Waals surface area contributed by atoms with Gasteiger partial charge in [-0.1, -0.05) is 97.1 Å². The quantitative estimate of drug-likeness (QED) is 0.373. The molecule has 0 saturated carbocycles. The highest BCUT2D eigenvalue weighted by Crippen LogP contribution is 2.32. The average Bonchev–Trinajstić information content (AvgIpc) is 2.94. The number of hydrogen-bond donors (Lipinski definition) is 1. The van der Waals surface area contributed by atoms with Crippen molar-refractivity contribution in [1.82, 2.24) is 0 Å². The first kappa shape index (κ1) is 26.2. The average molecular weight is 491 g/mol. The molecule has 0 bridgehead atoms. The summed E-state index contributed by atoms with van der Waals surface area (Å²) in [6.07, 6.45) is -2.91. The highest BCUT2D eigenvalue weighted by molar-refractivity contribution is 5.16. The topological polar surface area (TPSA) is 66.4 Å². The maximum absolute atomic E-state index is 10.8. The summed E-state index contributed by atoms with van der Waals surface area (Å²) >= 11 is 0. The highest BCUT2D eigenvalue weighted by atomic mass is 16.7. The first-order valence-electron chi connectivity index (χ1n) is 12.1. The largest absolute Gasteiger partial charge is 0.386 e. The van der Waals surface area contributed by atoms with Gasteiger partial charge in [0.25, 0.3) is 0 Å². The van der Waals surface area contributed by atoms with Crippen molar-refractivity contribution in [1.29, 1.82) is 0 Å². The lowest BCUT2D eigenvalue weighted by atomic mass is 9.94. The number of rotatable bonds is 12. The van der Waals surface area contributed by atoms with Gasteiger partial charge < -0.3 is 28.8 Å². The second-order valence-corrected chi connectivity index (χ2v) is 8.71. The number of aliphatic hydroxyl groups excluding tert-OH is 1. The lowest BCUT2D eigenvalue weighted by Crippen LogP contribution is -2.63. The van der Waals surface area contributed by atoms with Crippen molar-refractivity contribution in [3.05, 3.63) is 120 Å². The molecule has 0 radical (unpaired) electrons. The summed E-state index contributed by atoms with van der Waals surface area (Å²) < 4.78 is 31.1. The summed E-state index contributed by atoms with van der Waals surface area (Å²) in [5.41, 5.74) is 3.04. The molecule has 0 spiro atoms. The zero-order valence-corrected chi connectivity index (χ0v) is 20.5. The van der Waals surface area contributed by atoms with Crippen molar-refractivity contribution in [2.24, 2.45) is 0 Å². The zero-order chi connectivity index (χ0) is 25.2. The summed E-state index contributed by atoms with van der Waals surface area (Å²) in [5, 5.41) is 10.8. The zero-order valence-electron chi connectivity index (χ0n) is 20.5. The van der Waals surface area contributed by atoms with Crippen LogP contribution >= 0.6 is 0 Å². The van der Waals surface area contributed by atoms with E-state index in [1.807, 2.05) is 91.0 Å². The SMILES string of the molecule is C=C[C@H](O)[C@H]1O[C@H](OC)[C@H](OCc2ccccc2)[C@@H](OCc2ccccc2)[C@@H]1OCc1ccccc1. The molecular formula is C30H34O6. The molecule has 36 heavy (non-hydrogen) atoms. The summed E-state index contributed by atoms with van der Waals surface area (Å²) in [4.78, 5) is 0. The van der Waals surface area contributed by atoms with E-state index >= 15 is 0 Å². The standard InChI is InChI=1S/C30H34O6/c1-3-25(31)26-27(33-19-22-13-7-4-8-14-22)28(34-20-23-15-9-5-10-16-23)29(30(32-2)36-26)35-21-24-17-11-6-12-18-24/h3-18,25-31H,1,19-21H2,2H3/t25-,26+,27+,28-,29+,30-/m0/s1. The van der Waals surface area contributed by atoms with E-state index in [1.54, 1.807) is 7.11 Å². The minimum Gasteiger partial charge on any atom is -0.386 e. The molecule has 1 N–H and O–H groups in total. The molecule has 3 aromatic rings. The minimum absolute atomic E-state index is 0.323. The van der Waals surface area contributed by atoms with Crippen molar-refractivity contribution in [3.8, 4) is 0 Å². The van der Waals surface area contributed by atoms with Gasteiger partial charge in [0.1, 0.15) is 30.5 Å². The first-order chi connectivity index (χ1) is 17.7. The molecule has 3 aromatic carbocycles. The molecule has 1 fully saturated rings. The van der Waals surface area contributed by atoms with Crippen LogP contribution in [0.15, 0.2) is 104 Å². The van der Waals surface area contributed by atoms with E-state index in [1.165, 1.54) is 6.08 Å². The van der Waals surface area contributed by atoms with Crippen molar-refractivity contribution in [2.75, 3.05) is 7.11 Å². The second kappa shape index (κ2) is 13.5. The molecule has 6 atom stereocenters. The smallest absolute Gasteiger partial charge is 0.186 e. The lowest BCUT2D eigenvalue weighted by Gasteiger charge is -2.46. The molecule has 1 aliphatic heterocycles. The Morgan fingerprint density at radius 1 is 0.722 bits per heavy atom. The van der Waals surface area contributed by atoms with Gasteiger partial charge in [-0.15, -0.1) is 6.58 Å². The fourth-order valence-electron chi connectivity index (χ4n) is 4.29. The van der Waals surface area contributed by atoms with Crippen LogP contribution in [0, 0.1) is 0 Å². The monoisotopic (exact) mass is 490 g/mol. The van der Waals surface area contributed by atoms with Gasteiger partial charge in [0, 0.05) is 7.11 Å². The number of benzene rings is 3. The van der Waals surface area contributed by atoms with Crippen LogP contribution < -0.4 is 0 Å². The molecule has 6 heteroatoms. The number of ether oxygens (including phenoxy) is 5. The van der Waals surface area contributed by atoms with E-state index in [0.29, 0.717) is 19.8 Å². The number of aliphatic hydroxyl groups is 1. The Balaban J connectivity index is 1.61. The Kier molecular flexibility index (Phi) is 9.81. The van der Waals surface area contributed by atoms with Crippen molar-refractivity contribution < 1.29 is 28.8 Å². The van der Waals surface area contributed by atoms with Gasteiger partial charge in [0.05, 0.1) is 19.8 Å². The van der Waals surface area contributed by atoms with Gasteiger partial charge in [0.2, 0.25) is 0 Å². The van der Waals surface area contributed by atoms with Crippen LogP contribution in [0.3, 0.4) is 0 Å². The summed E-state index contributed by atoms with van der Waals surface area (Å²) in [6, 6.07) is 29.7. The molecule has 190 valence electrons. The molecule has 1 aliphatic rings. The normalized spacial score (nSPS) is 24.8. The molecule has 6 nitrogen and oxygen atoms in total. The third-order valence-electron chi connectivity index (χ3n) is 6.20. The van der Waals surface area contributed by atoms with Gasteiger partial charge in [-0.25, -0.2) is 0 Å². The van der Waals surface area contributed by atoms with E-state index < -0.39 is 36.8 Å². The van der Waals surface area contributed by atoms with Crippen LogP contribution in [0.5, 0.6) is 0 Å². The molecule has 0 unspecified atom stereocenters. The molecule has 1 heterocycles. The molecule has 4 rings (SSSR count). The minimum atomic E-state index is -0.985. The maximum Gasteiger partial charge on any atom is 0.186 e. The Morgan fingerprint density at radius 3 is 1.56 bits per heavy atom. The van der Waals surface area contributed by atoms with Crippen molar-refractivity contribution in [3.63, 3.8) is 0 Å². The van der Waals surface area contributed by atoms with Crippen LogP contribution in [0.1, 0.15) is 16.7 Å². The van der Waals surface area contributed by atoms with Gasteiger partial charge in [0.15, 0.2) is 6.29 Å². The van der Waals surface area contributed by atoms with Crippen LogP contribution in [0.4, 0.5) is 0 Å². The third-order valence-corrected chi connectivity index (χ3v) is 6.20. The maximum atomic E-state index is 10.8. The van der Waals surface area contributed by atoms with Crippen LogP contribution in [-0.2, 0) is 43.5 Å². The van der Waals surface area contributed by atoms with Gasteiger partial charge in [-0.3, -0.25) is 0 Å². The third kappa shape index (κ3) is 6.89. The van der Waals surface area contributed by atoms with Crippen molar-refractivity contribution in [2.45, 2.75) is 56.6 Å². The Morgan fingerprint density at radius 2 is 1.14 bits per heavy atom. The predicted molar refractivity (Wildman–Crippen MR) is 137 cm³/mol. The highest BCUT2D eigenvalue weighted by Gasteiger charge is 2.50.